The molecule has 0 unspecified atom stereocenters. The number of halogens is 1. The summed E-state index contributed by atoms with van der Waals surface area (Å²) in [6, 6.07) is 18.2. The number of hydrogen-bond acceptors (Lipinski definition) is 6. The summed E-state index contributed by atoms with van der Waals surface area (Å²) in [6.45, 7) is 6.03. The molecule has 3 aromatic carbocycles. The van der Waals surface area contributed by atoms with E-state index in [4.69, 9.17) is 19.2 Å². The molecule has 0 aliphatic carbocycles. The Kier molecular flexibility index (Phi) is 7.71. The molecule has 0 bridgehead atoms. The summed E-state index contributed by atoms with van der Waals surface area (Å²) >= 11 is 0. The van der Waals surface area contributed by atoms with Gasteiger partial charge < -0.3 is 24.1 Å². The van der Waals surface area contributed by atoms with E-state index in [1.54, 1.807) is 86.6 Å². The van der Waals surface area contributed by atoms with Gasteiger partial charge in [-0.2, -0.15) is 0 Å². The number of carbonyl (C=O) groups excluding carboxylic acids is 1. The lowest BCUT2D eigenvalue weighted by atomic mass is 9.96. The summed E-state index contributed by atoms with van der Waals surface area (Å²) in [5, 5.41) is 6.45. The normalized spacial score (nSPS) is 11.3. The molecule has 0 aliphatic heterocycles. The van der Waals surface area contributed by atoms with E-state index < -0.39 is 11.8 Å². The summed E-state index contributed by atoms with van der Waals surface area (Å²) in [5.41, 5.74) is 1.56. The van der Waals surface area contributed by atoms with Gasteiger partial charge in [0.15, 0.2) is 11.5 Å². The van der Waals surface area contributed by atoms with Crippen LogP contribution < -0.4 is 24.8 Å². The molecular weight excluding hydrogens is 537 g/mol. The van der Waals surface area contributed by atoms with E-state index in [9.17, 15) is 9.18 Å². The molecular formula is C32H32FN5O4. The second kappa shape index (κ2) is 11.4. The maximum Gasteiger partial charge on any atom is 0.324 e. The van der Waals surface area contributed by atoms with Crippen LogP contribution >= 0.6 is 0 Å². The lowest BCUT2D eigenvalue weighted by molar-refractivity contribution is 0.262. The van der Waals surface area contributed by atoms with Gasteiger partial charge in [0.1, 0.15) is 34.7 Å². The molecule has 0 fully saturated rings. The van der Waals surface area contributed by atoms with Crippen molar-refractivity contribution < 1.29 is 23.4 Å². The number of rotatable bonds is 7. The van der Waals surface area contributed by atoms with E-state index in [1.807, 2.05) is 26.8 Å². The molecule has 0 saturated carbocycles. The number of pyridine rings is 1. The SMILES string of the molecule is COc1cc2nccc(Oc3ccc(NC(=O)Nc4c(-c5ccccc5F)nc(C(C)(C)C)n4C)cc3)c2cc1OC. The Morgan fingerprint density at radius 1 is 0.905 bits per heavy atom. The van der Waals surface area contributed by atoms with Crippen LogP contribution in [0.2, 0.25) is 0 Å². The van der Waals surface area contributed by atoms with E-state index in [-0.39, 0.29) is 5.41 Å². The molecule has 2 amide bonds. The van der Waals surface area contributed by atoms with Crippen LogP contribution in [0.4, 0.5) is 20.7 Å². The van der Waals surface area contributed by atoms with E-state index in [1.165, 1.54) is 6.07 Å². The molecule has 0 aliphatic rings. The summed E-state index contributed by atoms with van der Waals surface area (Å²) in [7, 11) is 4.94. The zero-order valence-electron chi connectivity index (χ0n) is 24.3. The predicted molar refractivity (Wildman–Crippen MR) is 161 cm³/mol. The summed E-state index contributed by atoms with van der Waals surface area (Å²) in [6.07, 6.45) is 1.66. The molecule has 2 N–H and O–H groups in total. The Morgan fingerprint density at radius 2 is 1.60 bits per heavy atom. The zero-order valence-corrected chi connectivity index (χ0v) is 24.3. The third-order valence-electron chi connectivity index (χ3n) is 6.67. The summed E-state index contributed by atoms with van der Waals surface area (Å²) < 4.78 is 33.4. The number of anilines is 2. The first kappa shape index (κ1) is 28.4. The van der Waals surface area contributed by atoms with Crippen molar-refractivity contribution in [3.05, 3.63) is 84.6 Å². The van der Waals surface area contributed by atoms with Crippen LogP contribution in [0.25, 0.3) is 22.2 Å². The molecule has 0 spiro atoms. The predicted octanol–water partition coefficient (Wildman–Crippen LogP) is 7.53. The molecule has 9 nitrogen and oxygen atoms in total. The Balaban J connectivity index is 1.35. The number of nitrogens with one attached hydrogen (secondary N) is 2. The quantitative estimate of drug-likeness (QED) is 0.210. The number of imidazole rings is 1. The highest BCUT2D eigenvalue weighted by atomic mass is 19.1. The number of benzene rings is 3. The van der Waals surface area contributed by atoms with Crippen LogP contribution in [-0.2, 0) is 12.5 Å². The largest absolute Gasteiger partial charge is 0.493 e. The van der Waals surface area contributed by atoms with E-state index >= 15 is 0 Å². The van der Waals surface area contributed by atoms with Gasteiger partial charge in [0.25, 0.3) is 0 Å². The average molecular weight is 570 g/mol. The minimum Gasteiger partial charge on any atom is -0.493 e. The standard InChI is InChI=1S/C32H32FN5O4/c1-32(2,3)30-36-28(21-9-7-8-10-23(21)33)29(38(30)4)37-31(39)35-19-11-13-20(14-12-19)42-25-15-16-34-24-18-27(41-6)26(40-5)17-22(24)25/h7-18H,1-6H3,(H2,35,37,39). The van der Waals surface area contributed by atoms with Crippen LogP contribution in [0.1, 0.15) is 26.6 Å². The number of hydrogen-bond donors (Lipinski definition) is 2. The van der Waals surface area contributed by atoms with Crippen LogP contribution in [0.5, 0.6) is 23.0 Å². The lowest BCUT2D eigenvalue weighted by Gasteiger charge is -2.18. The molecule has 0 atom stereocenters. The minimum absolute atomic E-state index is 0.306. The molecule has 2 heterocycles. The van der Waals surface area contributed by atoms with Gasteiger partial charge >= 0.3 is 6.03 Å². The molecule has 10 heteroatoms. The molecule has 216 valence electrons. The van der Waals surface area contributed by atoms with Crippen molar-refractivity contribution in [1.29, 1.82) is 0 Å². The number of methoxy groups -OCH3 is 2. The van der Waals surface area contributed by atoms with Crippen molar-refractivity contribution in [1.82, 2.24) is 14.5 Å². The van der Waals surface area contributed by atoms with Gasteiger partial charge in [-0.15, -0.1) is 0 Å². The fourth-order valence-corrected chi connectivity index (χ4v) is 4.69. The Morgan fingerprint density at radius 3 is 2.26 bits per heavy atom. The van der Waals surface area contributed by atoms with Gasteiger partial charge in [0.05, 0.1) is 19.7 Å². The van der Waals surface area contributed by atoms with Gasteiger partial charge in [-0.25, -0.2) is 14.2 Å². The average Bonchev–Trinajstić information content (AvgIpc) is 3.29. The second-order valence-electron chi connectivity index (χ2n) is 10.7. The highest BCUT2D eigenvalue weighted by molar-refractivity contribution is 6.01. The maximum absolute atomic E-state index is 14.7. The number of urea groups is 1. The number of fused-ring (bicyclic) bond motifs is 1. The number of carbonyl (C=O) groups is 1. The molecule has 42 heavy (non-hydrogen) atoms. The molecule has 0 saturated heterocycles. The topological polar surface area (TPSA) is 99.5 Å². The van der Waals surface area contributed by atoms with Crippen LogP contribution in [0.15, 0.2) is 72.9 Å². The van der Waals surface area contributed by atoms with Crippen molar-refractivity contribution in [2.75, 3.05) is 24.9 Å². The van der Waals surface area contributed by atoms with E-state index in [2.05, 4.69) is 15.6 Å². The van der Waals surface area contributed by atoms with Crippen LogP contribution in [0.3, 0.4) is 0 Å². The maximum atomic E-state index is 14.7. The van der Waals surface area contributed by atoms with Crippen LogP contribution in [-0.4, -0.2) is 34.8 Å². The highest BCUT2D eigenvalue weighted by Crippen LogP contribution is 2.37. The fraction of sp³-hybridized carbons (Fsp3) is 0.219. The van der Waals surface area contributed by atoms with Gasteiger partial charge in [0.2, 0.25) is 0 Å². The van der Waals surface area contributed by atoms with Crippen molar-refractivity contribution in [2.45, 2.75) is 26.2 Å². The monoisotopic (exact) mass is 569 g/mol. The Labute approximate surface area is 243 Å². The molecule has 5 rings (SSSR count). The smallest absolute Gasteiger partial charge is 0.324 e. The van der Waals surface area contributed by atoms with Gasteiger partial charge in [-0.3, -0.25) is 10.3 Å². The Bertz CT molecular complexity index is 1760. The van der Waals surface area contributed by atoms with Gasteiger partial charge in [0, 0.05) is 41.4 Å². The van der Waals surface area contributed by atoms with Crippen molar-refractivity contribution in [3.8, 4) is 34.3 Å². The lowest BCUT2D eigenvalue weighted by Crippen LogP contribution is -2.23. The van der Waals surface area contributed by atoms with E-state index in [0.717, 1.165) is 5.39 Å². The number of nitrogens with zero attached hydrogens (tertiary/aromatic N) is 3. The highest BCUT2D eigenvalue weighted by Gasteiger charge is 2.27. The summed E-state index contributed by atoms with van der Waals surface area (Å²) in [5.74, 6) is 2.96. The number of aromatic nitrogens is 3. The Hall–Kier alpha value is -5.12. The number of ether oxygens (including phenoxy) is 3. The first-order valence-electron chi connectivity index (χ1n) is 13.3. The second-order valence-corrected chi connectivity index (χ2v) is 10.7. The molecule has 2 aromatic heterocycles. The first-order valence-corrected chi connectivity index (χ1v) is 13.3. The van der Waals surface area contributed by atoms with E-state index in [0.29, 0.717) is 57.1 Å². The van der Waals surface area contributed by atoms with Crippen molar-refractivity contribution in [2.24, 2.45) is 7.05 Å². The minimum atomic E-state index is -0.495. The fourth-order valence-electron chi connectivity index (χ4n) is 4.69. The molecule has 0 radical (unpaired) electrons. The third kappa shape index (κ3) is 5.69. The zero-order chi connectivity index (χ0) is 30.0. The first-order chi connectivity index (χ1) is 20.1. The molecule has 5 aromatic rings. The van der Waals surface area contributed by atoms with Crippen molar-refractivity contribution >= 4 is 28.4 Å². The van der Waals surface area contributed by atoms with Crippen LogP contribution in [0, 0.1) is 5.82 Å². The van der Waals surface area contributed by atoms with Gasteiger partial charge in [-0.1, -0.05) is 32.9 Å². The number of amides is 2. The van der Waals surface area contributed by atoms with Crippen molar-refractivity contribution in [3.63, 3.8) is 0 Å². The third-order valence-corrected chi connectivity index (χ3v) is 6.67. The van der Waals surface area contributed by atoms with Gasteiger partial charge in [-0.05, 0) is 48.5 Å². The summed E-state index contributed by atoms with van der Waals surface area (Å²) in [4.78, 5) is 22.2.